The summed E-state index contributed by atoms with van der Waals surface area (Å²) in [7, 11) is 0. The molecule has 0 spiro atoms. The summed E-state index contributed by atoms with van der Waals surface area (Å²) in [5, 5.41) is 0. The fourth-order valence-electron chi connectivity index (χ4n) is 3.28. The van der Waals surface area contributed by atoms with E-state index < -0.39 is 0 Å². The number of nitrogens with zero attached hydrogens (tertiary/aromatic N) is 1. The maximum absolute atomic E-state index is 12.9. The van der Waals surface area contributed by atoms with Gasteiger partial charge in [0.25, 0.3) is 5.91 Å². The van der Waals surface area contributed by atoms with Gasteiger partial charge in [0.05, 0.1) is 0 Å². The number of amides is 1. The van der Waals surface area contributed by atoms with Crippen molar-refractivity contribution in [2.24, 2.45) is 0 Å². The fraction of sp³-hybridized carbons (Fsp3) is 0.696. The average Bonchev–Trinajstić information content (AvgIpc) is 2.65. The Labute approximate surface area is 169 Å². The van der Waals surface area contributed by atoms with Crippen LogP contribution in [0.1, 0.15) is 101 Å². The number of benzene rings is 1. The van der Waals surface area contributed by atoms with Crippen molar-refractivity contribution in [1.29, 1.82) is 0 Å². The van der Waals surface area contributed by atoms with E-state index in [1.165, 1.54) is 64.2 Å². The lowest BCUT2D eigenvalue weighted by Crippen LogP contribution is -2.33. The van der Waals surface area contributed by atoms with Crippen molar-refractivity contribution in [1.82, 2.24) is 4.90 Å². The van der Waals surface area contributed by atoms with Gasteiger partial charge in [0, 0.05) is 23.1 Å². The largest absolute Gasteiger partial charge is 0.339 e. The Morgan fingerprint density at radius 3 is 1.81 bits per heavy atom. The lowest BCUT2D eigenvalue weighted by Gasteiger charge is -2.23. The maximum Gasteiger partial charge on any atom is 0.253 e. The van der Waals surface area contributed by atoms with Crippen LogP contribution in [0, 0.1) is 0 Å². The molecule has 0 radical (unpaired) electrons. The van der Waals surface area contributed by atoms with Gasteiger partial charge in [-0.15, -0.1) is 0 Å². The first kappa shape index (κ1) is 23.2. The van der Waals surface area contributed by atoms with Crippen LogP contribution >= 0.6 is 15.9 Å². The smallest absolute Gasteiger partial charge is 0.253 e. The molecule has 0 bridgehead atoms. The first-order chi connectivity index (χ1) is 12.7. The molecule has 0 aromatic heterocycles. The second kappa shape index (κ2) is 15.2. The fourth-order valence-corrected chi connectivity index (χ4v) is 3.68. The molecule has 2 nitrogen and oxygen atoms in total. The molecule has 1 aromatic carbocycles. The molecule has 1 aromatic rings. The van der Waals surface area contributed by atoms with E-state index in [4.69, 9.17) is 0 Å². The Bertz CT molecular complexity index is 473. The van der Waals surface area contributed by atoms with Crippen LogP contribution in [0.2, 0.25) is 0 Å². The quantitative estimate of drug-likeness (QED) is 0.265. The third-order valence-corrected chi connectivity index (χ3v) is 5.42. The second-order valence-electron chi connectivity index (χ2n) is 7.34. The van der Waals surface area contributed by atoms with Crippen LogP contribution in [0.4, 0.5) is 0 Å². The van der Waals surface area contributed by atoms with Gasteiger partial charge in [0.15, 0.2) is 0 Å². The number of hydrogen-bond acceptors (Lipinski definition) is 1. The Balaban J connectivity index is 2.47. The predicted octanol–water partition coefficient (Wildman–Crippen LogP) is 7.61. The minimum absolute atomic E-state index is 0.188. The summed E-state index contributed by atoms with van der Waals surface area (Å²) < 4.78 is 0.974. The Morgan fingerprint density at radius 1 is 0.808 bits per heavy atom. The molecule has 148 valence electrons. The highest BCUT2D eigenvalue weighted by Gasteiger charge is 2.15. The van der Waals surface area contributed by atoms with Gasteiger partial charge in [-0.05, 0) is 31.0 Å². The number of carbonyl (C=O) groups excluding carboxylic acids is 1. The van der Waals surface area contributed by atoms with E-state index in [-0.39, 0.29) is 5.91 Å². The summed E-state index contributed by atoms with van der Waals surface area (Å²) in [6.45, 7) is 6.29. The SMILES string of the molecule is CCCCCCCCN(CCCCCCCC)C(=O)c1cccc(Br)c1. The molecule has 0 unspecified atom stereocenters. The number of carbonyl (C=O) groups is 1. The Hall–Kier alpha value is -0.830. The zero-order chi connectivity index (χ0) is 19.0. The van der Waals surface area contributed by atoms with Gasteiger partial charge in [-0.1, -0.05) is 100 Å². The molecule has 26 heavy (non-hydrogen) atoms. The average molecular weight is 424 g/mol. The minimum Gasteiger partial charge on any atom is -0.339 e. The van der Waals surface area contributed by atoms with Gasteiger partial charge >= 0.3 is 0 Å². The molecule has 0 saturated heterocycles. The highest BCUT2D eigenvalue weighted by atomic mass is 79.9. The third kappa shape index (κ3) is 10.4. The van der Waals surface area contributed by atoms with Gasteiger partial charge in [0.1, 0.15) is 0 Å². The van der Waals surface area contributed by atoms with Crippen LogP contribution in [-0.2, 0) is 0 Å². The van der Waals surface area contributed by atoms with Gasteiger partial charge in [-0.3, -0.25) is 4.79 Å². The molecule has 0 saturated carbocycles. The van der Waals surface area contributed by atoms with E-state index in [1.807, 2.05) is 24.3 Å². The third-order valence-electron chi connectivity index (χ3n) is 4.92. The number of unbranched alkanes of at least 4 members (excludes halogenated alkanes) is 10. The van der Waals surface area contributed by atoms with E-state index in [1.54, 1.807) is 0 Å². The van der Waals surface area contributed by atoms with E-state index in [9.17, 15) is 4.79 Å². The molecule has 3 heteroatoms. The van der Waals surface area contributed by atoms with Crippen LogP contribution in [0.25, 0.3) is 0 Å². The zero-order valence-corrected chi connectivity index (χ0v) is 18.5. The maximum atomic E-state index is 12.9. The molecule has 0 fully saturated rings. The van der Waals surface area contributed by atoms with Gasteiger partial charge in [0.2, 0.25) is 0 Å². The Kier molecular flexibility index (Phi) is 13.6. The van der Waals surface area contributed by atoms with Crippen molar-refractivity contribution in [3.63, 3.8) is 0 Å². The standard InChI is InChI=1S/C23H38BrNO/c1-3-5-7-9-11-13-18-25(19-14-12-10-8-6-4-2)23(26)21-16-15-17-22(24)20-21/h15-17,20H,3-14,18-19H2,1-2H3. The van der Waals surface area contributed by atoms with E-state index >= 15 is 0 Å². The van der Waals surface area contributed by atoms with Crippen molar-refractivity contribution >= 4 is 21.8 Å². The van der Waals surface area contributed by atoms with Crippen LogP contribution in [0.3, 0.4) is 0 Å². The lowest BCUT2D eigenvalue weighted by atomic mass is 10.1. The van der Waals surface area contributed by atoms with Gasteiger partial charge in [-0.2, -0.15) is 0 Å². The van der Waals surface area contributed by atoms with Crippen LogP contribution in [-0.4, -0.2) is 23.9 Å². The summed E-state index contributed by atoms with van der Waals surface area (Å²) in [6, 6.07) is 7.80. The van der Waals surface area contributed by atoms with Crippen LogP contribution in [0.15, 0.2) is 28.7 Å². The van der Waals surface area contributed by atoms with E-state index in [0.717, 1.165) is 36.0 Å². The first-order valence-electron chi connectivity index (χ1n) is 10.7. The molecular weight excluding hydrogens is 386 g/mol. The topological polar surface area (TPSA) is 20.3 Å². The van der Waals surface area contributed by atoms with Crippen molar-refractivity contribution in [3.05, 3.63) is 34.3 Å². The molecular formula is C23H38BrNO. The monoisotopic (exact) mass is 423 g/mol. The van der Waals surface area contributed by atoms with E-state index in [0.29, 0.717) is 0 Å². The number of rotatable bonds is 15. The van der Waals surface area contributed by atoms with Crippen LogP contribution < -0.4 is 0 Å². The molecule has 1 amide bonds. The summed E-state index contributed by atoms with van der Waals surface area (Å²) >= 11 is 3.48. The predicted molar refractivity (Wildman–Crippen MR) is 117 cm³/mol. The van der Waals surface area contributed by atoms with Gasteiger partial charge in [-0.25, -0.2) is 0 Å². The van der Waals surface area contributed by atoms with Crippen molar-refractivity contribution < 1.29 is 4.79 Å². The Morgan fingerprint density at radius 2 is 1.31 bits per heavy atom. The summed E-state index contributed by atoms with van der Waals surface area (Å²) in [5.41, 5.74) is 0.802. The molecule has 1 rings (SSSR count). The van der Waals surface area contributed by atoms with Crippen LogP contribution in [0.5, 0.6) is 0 Å². The van der Waals surface area contributed by atoms with Gasteiger partial charge < -0.3 is 4.90 Å². The minimum atomic E-state index is 0.188. The molecule has 0 heterocycles. The van der Waals surface area contributed by atoms with Crippen molar-refractivity contribution in [2.45, 2.75) is 90.9 Å². The number of hydrogen-bond donors (Lipinski definition) is 0. The van der Waals surface area contributed by atoms with Crippen molar-refractivity contribution in [2.75, 3.05) is 13.1 Å². The van der Waals surface area contributed by atoms with Crippen molar-refractivity contribution in [3.8, 4) is 0 Å². The summed E-state index contributed by atoms with van der Waals surface area (Å²) in [4.78, 5) is 15.0. The second-order valence-corrected chi connectivity index (χ2v) is 8.25. The summed E-state index contributed by atoms with van der Waals surface area (Å²) in [5.74, 6) is 0.188. The lowest BCUT2D eigenvalue weighted by molar-refractivity contribution is 0.0749. The normalized spacial score (nSPS) is 10.9. The molecule has 0 atom stereocenters. The first-order valence-corrected chi connectivity index (χ1v) is 11.5. The highest BCUT2D eigenvalue weighted by Crippen LogP contribution is 2.16. The number of halogens is 1. The molecule has 0 aliphatic rings. The summed E-state index contributed by atoms with van der Waals surface area (Å²) in [6.07, 6.45) is 15.2. The highest BCUT2D eigenvalue weighted by molar-refractivity contribution is 9.10. The molecule has 0 aliphatic heterocycles. The van der Waals surface area contributed by atoms with E-state index in [2.05, 4.69) is 34.7 Å². The zero-order valence-electron chi connectivity index (χ0n) is 16.9. The molecule has 0 N–H and O–H groups in total. The molecule has 0 aliphatic carbocycles.